The van der Waals surface area contributed by atoms with Crippen LogP contribution in [-0.2, 0) is 10.0 Å². The number of nitrogens with zero attached hydrogens (tertiary/aromatic N) is 1. The van der Waals surface area contributed by atoms with E-state index in [2.05, 4.69) is 4.72 Å². The summed E-state index contributed by atoms with van der Waals surface area (Å²) in [4.78, 5) is -0.391. The Morgan fingerprint density at radius 3 is 2.70 bits per heavy atom. The molecule has 2 rings (SSSR count). The number of aliphatic hydroxyl groups is 1. The molecule has 5 nitrogen and oxygen atoms in total. The topological polar surface area (TPSA) is 90.2 Å². The molecule has 0 aliphatic heterocycles. The summed E-state index contributed by atoms with van der Waals surface area (Å²) in [7, 11) is -4.03. The minimum Gasteiger partial charge on any atom is -0.391 e. The lowest BCUT2D eigenvalue weighted by Crippen LogP contribution is -2.45. The summed E-state index contributed by atoms with van der Waals surface area (Å²) in [6.45, 7) is 0. The maximum atomic E-state index is 13.5. The molecule has 108 valence electrons. The predicted octanol–water partition coefficient (Wildman–Crippen LogP) is 1.28. The SMILES string of the molecule is N#Cc1c(F)cccc1S(=O)(=O)N[C@@H]1CCCC[C@H]1O. The molecule has 2 atom stereocenters. The summed E-state index contributed by atoms with van der Waals surface area (Å²) >= 11 is 0. The van der Waals surface area contributed by atoms with Crippen LogP contribution in [0, 0.1) is 17.1 Å². The Morgan fingerprint density at radius 1 is 1.35 bits per heavy atom. The van der Waals surface area contributed by atoms with E-state index in [1.54, 1.807) is 6.07 Å². The zero-order chi connectivity index (χ0) is 14.8. The standard InChI is InChI=1S/C13H15FN2O3S/c14-10-4-3-7-13(9(10)8-15)20(18,19)16-11-5-1-2-6-12(11)17/h3-4,7,11-12,16-17H,1-2,5-6H2/t11-,12-/m1/s1. The van der Waals surface area contributed by atoms with Crippen molar-refractivity contribution in [2.45, 2.75) is 42.7 Å². The molecule has 0 saturated heterocycles. The molecule has 2 N–H and O–H groups in total. The second kappa shape index (κ2) is 5.87. The van der Waals surface area contributed by atoms with Crippen LogP contribution in [0.25, 0.3) is 0 Å². The zero-order valence-corrected chi connectivity index (χ0v) is 11.5. The van der Waals surface area contributed by atoms with Crippen LogP contribution in [0.4, 0.5) is 4.39 Å². The van der Waals surface area contributed by atoms with Crippen molar-refractivity contribution in [2.75, 3.05) is 0 Å². The average molecular weight is 298 g/mol. The molecular formula is C13H15FN2O3S. The molecule has 0 unspecified atom stereocenters. The van der Waals surface area contributed by atoms with Crippen molar-refractivity contribution in [3.63, 3.8) is 0 Å². The zero-order valence-electron chi connectivity index (χ0n) is 10.7. The lowest BCUT2D eigenvalue weighted by molar-refractivity contribution is 0.101. The number of aliphatic hydroxyl groups excluding tert-OH is 1. The van der Waals surface area contributed by atoms with Gasteiger partial charge in [-0.3, -0.25) is 0 Å². The quantitative estimate of drug-likeness (QED) is 0.879. The minimum atomic E-state index is -4.03. The van der Waals surface area contributed by atoms with E-state index in [1.807, 2.05) is 0 Å². The van der Waals surface area contributed by atoms with Crippen LogP contribution in [0.15, 0.2) is 23.1 Å². The van der Waals surface area contributed by atoms with Gasteiger partial charge in [-0.2, -0.15) is 5.26 Å². The smallest absolute Gasteiger partial charge is 0.242 e. The monoisotopic (exact) mass is 298 g/mol. The number of hydrogen-bond acceptors (Lipinski definition) is 4. The number of hydrogen-bond donors (Lipinski definition) is 2. The molecule has 1 aliphatic rings. The largest absolute Gasteiger partial charge is 0.391 e. The van der Waals surface area contributed by atoms with Gasteiger partial charge in [0, 0.05) is 6.04 Å². The first-order valence-electron chi connectivity index (χ1n) is 6.34. The number of halogens is 1. The first-order chi connectivity index (χ1) is 9.45. The van der Waals surface area contributed by atoms with Crippen LogP contribution < -0.4 is 4.72 Å². The van der Waals surface area contributed by atoms with Gasteiger partial charge in [-0.25, -0.2) is 17.5 Å². The van der Waals surface area contributed by atoms with Gasteiger partial charge in [-0.1, -0.05) is 18.9 Å². The molecular weight excluding hydrogens is 283 g/mol. The first kappa shape index (κ1) is 14.9. The van der Waals surface area contributed by atoms with Gasteiger partial charge in [0.1, 0.15) is 22.3 Å². The highest BCUT2D eigenvalue weighted by molar-refractivity contribution is 7.89. The minimum absolute atomic E-state index is 0.391. The molecule has 0 aromatic heterocycles. The molecule has 0 radical (unpaired) electrons. The summed E-state index contributed by atoms with van der Waals surface area (Å²) in [5.74, 6) is -0.875. The van der Waals surface area contributed by atoms with E-state index in [4.69, 9.17) is 5.26 Å². The maximum absolute atomic E-state index is 13.5. The highest BCUT2D eigenvalue weighted by Gasteiger charge is 2.30. The molecule has 1 aliphatic carbocycles. The van der Waals surface area contributed by atoms with Crippen LogP contribution in [-0.4, -0.2) is 25.7 Å². The van der Waals surface area contributed by atoms with Crippen molar-refractivity contribution in [3.8, 4) is 6.07 Å². The second-order valence-electron chi connectivity index (χ2n) is 4.80. The Kier molecular flexibility index (Phi) is 4.38. The third-order valence-corrected chi connectivity index (χ3v) is 4.94. The van der Waals surface area contributed by atoms with Gasteiger partial charge in [0.15, 0.2) is 0 Å². The average Bonchev–Trinajstić information content (AvgIpc) is 2.41. The molecule has 1 fully saturated rings. The Morgan fingerprint density at radius 2 is 2.05 bits per heavy atom. The molecule has 0 heterocycles. The summed E-state index contributed by atoms with van der Waals surface area (Å²) in [5.41, 5.74) is -0.509. The predicted molar refractivity (Wildman–Crippen MR) is 69.7 cm³/mol. The molecule has 1 aromatic rings. The van der Waals surface area contributed by atoms with Crippen molar-refractivity contribution >= 4 is 10.0 Å². The summed E-state index contributed by atoms with van der Waals surface area (Å²) in [6, 6.07) is 4.42. The van der Waals surface area contributed by atoms with E-state index in [0.29, 0.717) is 12.8 Å². The van der Waals surface area contributed by atoms with Gasteiger partial charge >= 0.3 is 0 Å². The highest BCUT2D eigenvalue weighted by atomic mass is 32.2. The van der Waals surface area contributed by atoms with Crippen LogP contribution >= 0.6 is 0 Å². The number of sulfonamides is 1. The Bertz CT molecular complexity index is 640. The number of rotatable bonds is 3. The Balaban J connectivity index is 2.32. The van der Waals surface area contributed by atoms with Gasteiger partial charge in [0.05, 0.1) is 6.10 Å². The van der Waals surface area contributed by atoms with Gasteiger partial charge in [0.25, 0.3) is 0 Å². The summed E-state index contributed by atoms with van der Waals surface area (Å²) in [6.07, 6.45) is 1.97. The normalized spacial score (nSPS) is 23.2. The molecule has 20 heavy (non-hydrogen) atoms. The Labute approximate surface area is 117 Å². The molecule has 0 bridgehead atoms. The number of benzene rings is 1. The van der Waals surface area contributed by atoms with E-state index in [0.717, 1.165) is 18.9 Å². The first-order valence-corrected chi connectivity index (χ1v) is 7.83. The third kappa shape index (κ3) is 2.98. The van der Waals surface area contributed by atoms with Crippen LogP contribution in [0.3, 0.4) is 0 Å². The fourth-order valence-corrected chi connectivity index (χ4v) is 3.82. The van der Waals surface area contributed by atoms with E-state index in [9.17, 15) is 17.9 Å². The fraction of sp³-hybridized carbons (Fsp3) is 0.462. The van der Waals surface area contributed by atoms with Crippen molar-refractivity contribution in [1.29, 1.82) is 5.26 Å². The summed E-state index contributed by atoms with van der Waals surface area (Å²) in [5, 5.41) is 18.7. The lowest BCUT2D eigenvalue weighted by Gasteiger charge is -2.28. The van der Waals surface area contributed by atoms with Gasteiger partial charge in [-0.05, 0) is 25.0 Å². The van der Waals surface area contributed by atoms with E-state index in [-0.39, 0.29) is 0 Å². The molecule has 7 heteroatoms. The lowest BCUT2D eigenvalue weighted by atomic mass is 9.93. The van der Waals surface area contributed by atoms with Crippen molar-refractivity contribution in [2.24, 2.45) is 0 Å². The van der Waals surface area contributed by atoms with Crippen LogP contribution in [0.2, 0.25) is 0 Å². The van der Waals surface area contributed by atoms with Crippen molar-refractivity contribution in [3.05, 3.63) is 29.6 Å². The Hall–Kier alpha value is -1.49. The van der Waals surface area contributed by atoms with Crippen LogP contribution in [0.1, 0.15) is 31.2 Å². The molecule has 1 aromatic carbocycles. The van der Waals surface area contributed by atoms with Crippen molar-refractivity contribution < 1.29 is 17.9 Å². The molecule has 1 saturated carbocycles. The van der Waals surface area contributed by atoms with Gasteiger partial charge in [-0.15, -0.1) is 0 Å². The van der Waals surface area contributed by atoms with Gasteiger partial charge < -0.3 is 5.11 Å². The molecule has 0 amide bonds. The van der Waals surface area contributed by atoms with Gasteiger partial charge in [0.2, 0.25) is 10.0 Å². The van der Waals surface area contributed by atoms with E-state index < -0.39 is 38.4 Å². The highest BCUT2D eigenvalue weighted by Crippen LogP contribution is 2.22. The summed E-state index contributed by atoms with van der Waals surface area (Å²) < 4.78 is 40.3. The second-order valence-corrected chi connectivity index (χ2v) is 6.49. The molecule has 0 spiro atoms. The third-order valence-electron chi connectivity index (χ3n) is 3.41. The number of nitrogens with one attached hydrogen (secondary N) is 1. The fourth-order valence-electron chi connectivity index (χ4n) is 2.35. The maximum Gasteiger partial charge on any atom is 0.242 e. The number of nitriles is 1. The van der Waals surface area contributed by atoms with E-state index in [1.165, 1.54) is 12.1 Å². The van der Waals surface area contributed by atoms with Crippen molar-refractivity contribution in [1.82, 2.24) is 4.72 Å². The van der Waals surface area contributed by atoms with Crippen LogP contribution in [0.5, 0.6) is 0 Å². The van der Waals surface area contributed by atoms with E-state index >= 15 is 0 Å².